The molecule has 1 aromatic heterocycles. The largest absolute Gasteiger partial charge is 0.428 e. The fourth-order valence-corrected chi connectivity index (χ4v) is 2.17. The molecule has 0 atom stereocenters. The van der Waals surface area contributed by atoms with E-state index >= 15 is 0 Å². The molecule has 1 aromatic carbocycles. The lowest BCUT2D eigenvalue weighted by atomic mass is 9.97. The Bertz CT molecular complexity index is 506. The van der Waals surface area contributed by atoms with Crippen LogP contribution in [0.2, 0.25) is 0 Å². The standard InChI is InChI=1S/C14H18N2O/c1-9-5-10(2)13(11(3)6-9)7-12-8-16-14(15-4)17-12/h5-6,8H,7H2,1-4H3,(H,15,16). The van der Waals surface area contributed by atoms with Gasteiger partial charge in [0.15, 0.2) is 0 Å². The fraction of sp³-hybridized carbons (Fsp3) is 0.357. The van der Waals surface area contributed by atoms with Crippen molar-refractivity contribution in [3.8, 4) is 0 Å². The van der Waals surface area contributed by atoms with E-state index in [4.69, 9.17) is 4.42 Å². The van der Waals surface area contributed by atoms with Gasteiger partial charge in [0.1, 0.15) is 5.76 Å². The molecule has 3 heteroatoms. The molecular weight excluding hydrogens is 212 g/mol. The number of aromatic nitrogens is 1. The van der Waals surface area contributed by atoms with Gasteiger partial charge in [-0.25, -0.2) is 4.98 Å². The Morgan fingerprint density at radius 3 is 2.35 bits per heavy atom. The predicted octanol–water partition coefficient (Wildman–Crippen LogP) is 3.23. The quantitative estimate of drug-likeness (QED) is 0.879. The lowest BCUT2D eigenvalue weighted by Gasteiger charge is -2.09. The molecule has 2 aromatic rings. The molecule has 0 spiro atoms. The molecule has 0 amide bonds. The van der Waals surface area contributed by atoms with E-state index < -0.39 is 0 Å². The maximum absolute atomic E-state index is 5.55. The minimum Gasteiger partial charge on any atom is -0.428 e. The van der Waals surface area contributed by atoms with Gasteiger partial charge in [-0.1, -0.05) is 17.7 Å². The van der Waals surface area contributed by atoms with E-state index in [1.807, 2.05) is 0 Å². The minimum atomic E-state index is 0.572. The van der Waals surface area contributed by atoms with Crippen LogP contribution in [0.5, 0.6) is 0 Å². The lowest BCUT2D eigenvalue weighted by Crippen LogP contribution is -1.95. The fourth-order valence-electron chi connectivity index (χ4n) is 2.17. The number of hydrogen-bond acceptors (Lipinski definition) is 3. The third-order valence-corrected chi connectivity index (χ3v) is 2.96. The molecule has 0 radical (unpaired) electrons. The van der Waals surface area contributed by atoms with Gasteiger partial charge in [-0.2, -0.15) is 0 Å². The van der Waals surface area contributed by atoms with Gasteiger partial charge in [0.2, 0.25) is 0 Å². The summed E-state index contributed by atoms with van der Waals surface area (Å²) in [6.07, 6.45) is 2.58. The van der Waals surface area contributed by atoms with Crippen LogP contribution in [-0.4, -0.2) is 12.0 Å². The Labute approximate surface area is 102 Å². The zero-order valence-electron chi connectivity index (χ0n) is 10.8. The minimum absolute atomic E-state index is 0.572. The first-order valence-electron chi connectivity index (χ1n) is 5.79. The van der Waals surface area contributed by atoms with Crippen molar-refractivity contribution < 1.29 is 4.42 Å². The number of nitrogens with one attached hydrogen (secondary N) is 1. The second kappa shape index (κ2) is 4.62. The summed E-state index contributed by atoms with van der Waals surface area (Å²) in [5.74, 6) is 0.893. The summed E-state index contributed by atoms with van der Waals surface area (Å²) in [5.41, 5.74) is 5.25. The van der Waals surface area contributed by atoms with Gasteiger partial charge < -0.3 is 9.73 Å². The molecule has 1 N–H and O–H groups in total. The number of benzene rings is 1. The molecule has 2 rings (SSSR count). The molecule has 0 aliphatic heterocycles. The molecule has 0 fully saturated rings. The maximum Gasteiger partial charge on any atom is 0.294 e. The smallest absolute Gasteiger partial charge is 0.294 e. The van der Waals surface area contributed by atoms with Gasteiger partial charge in [-0.15, -0.1) is 0 Å². The zero-order chi connectivity index (χ0) is 12.4. The van der Waals surface area contributed by atoms with E-state index in [1.54, 1.807) is 13.2 Å². The zero-order valence-corrected chi connectivity index (χ0v) is 10.8. The molecule has 0 bridgehead atoms. The second-order valence-corrected chi connectivity index (χ2v) is 4.44. The van der Waals surface area contributed by atoms with Gasteiger partial charge >= 0.3 is 0 Å². The summed E-state index contributed by atoms with van der Waals surface area (Å²) in [5, 5.41) is 2.89. The van der Waals surface area contributed by atoms with Crippen LogP contribution in [0.1, 0.15) is 28.0 Å². The number of rotatable bonds is 3. The topological polar surface area (TPSA) is 38.1 Å². The van der Waals surface area contributed by atoms with Crippen molar-refractivity contribution in [1.29, 1.82) is 0 Å². The second-order valence-electron chi connectivity index (χ2n) is 4.44. The monoisotopic (exact) mass is 230 g/mol. The van der Waals surface area contributed by atoms with Crippen LogP contribution in [0.4, 0.5) is 6.01 Å². The van der Waals surface area contributed by atoms with Gasteiger partial charge in [0.25, 0.3) is 6.01 Å². The molecule has 0 unspecified atom stereocenters. The van der Waals surface area contributed by atoms with Crippen molar-refractivity contribution in [2.75, 3.05) is 12.4 Å². The predicted molar refractivity (Wildman–Crippen MR) is 69.5 cm³/mol. The summed E-state index contributed by atoms with van der Waals surface area (Å²) in [6.45, 7) is 6.41. The van der Waals surface area contributed by atoms with Crippen molar-refractivity contribution in [3.05, 3.63) is 46.3 Å². The van der Waals surface area contributed by atoms with Crippen molar-refractivity contribution in [3.63, 3.8) is 0 Å². The van der Waals surface area contributed by atoms with E-state index in [0.29, 0.717) is 6.01 Å². The van der Waals surface area contributed by atoms with Crippen LogP contribution >= 0.6 is 0 Å². The average molecular weight is 230 g/mol. The number of hydrogen-bond donors (Lipinski definition) is 1. The third-order valence-electron chi connectivity index (χ3n) is 2.96. The Morgan fingerprint density at radius 1 is 1.18 bits per heavy atom. The molecule has 1 heterocycles. The summed E-state index contributed by atoms with van der Waals surface area (Å²) in [4.78, 5) is 4.13. The van der Waals surface area contributed by atoms with E-state index in [9.17, 15) is 0 Å². The molecule has 90 valence electrons. The van der Waals surface area contributed by atoms with Crippen LogP contribution in [0, 0.1) is 20.8 Å². The lowest BCUT2D eigenvalue weighted by molar-refractivity contribution is 0.530. The third kappa shape index (κ3) is 2.49. The number of aryl methyl sites for hydroxylation is 3. The number of anilines is 1. The Hall–Kier alpha value is -1.77. The van der Waals surface area contributed by atoms with Gasteiger partial charge in [-0.3, -0.25) is 0 Å². The summed E-state index contributed by atoms with van der Waals surface area (Å²) >= 11 is 0. The van der Waals surface area contributed by atoms with Crippen LogP contribution < -0.4 is 5.32 Å². The Morgan fingerprint density at radius 2 is 1.82 bits per heavy atom. The highest BCUT2D eigenvalue weighted by atomic mass is 16.4. The molecule has 0 aliphatic carbocycles. The first-order chi connectivity index (χ1) is 8.10. The Balaban J connectivity index is 2.29. The summed E-state index contributed by atoms with van der Waals surface area (Å²) < 4.78 is 5.55. The first-order valence-corrected chi connectivity index (χ1v) is 5.79. The SMILES string of the molecule is CNc1ncc(Cc2c(C)cc(C)cc2C)o1. The van der Waals surface area contributed by atoms with Crippen molar-refractivity contribution >= 4 is 6.01 Å². The van der Waals surface area contributed by atoms with Gasteiger partial charge in [0, 0.05) is 13.5 Å². The molecular formula is C14H18N2O. The normalized spacial score (nSPS) is 10.6. The van der Waals surface area contributed by atoms with Gasteiger partial charge in [-0.05, 0) is 37.5 Å². The maximum atomic E-state index is 5.55. The van der Waals surface area contributed by atoms with Gasteiger partial charge in [0.05, 0.1) is 6.20 Å². The van der Waals surface area contributed by atoms with E-state index in [1.165, 1.54) is 22.3 Å². The molecule has 0 saturated heterocycles. The van der Waals surface area contributed by atoms with E-state index in [0.717, 1.165) is 12.2 Å². The molecule has 3 nitrogen and oxygen atoms in total. The van der Waals surface area contributed by atoms with Crippen LogP contribution in [-0.2, 0) is 6.42 Å². The van der Waals surface area contributed by atoms with Crippen LogP contribution in [0.25, 0.3) is 0 Å². The number of oxazole rings is 1. The Kier molecular flexibility index (Phi) is 3.18. The van der Waals surface area contributed by atoms with E-state index in [2.05, 4.69) is 43.2 Å². The summed E-state index contributed by atoms with van der Waals surface area (Å²) in [7, 11) is 1.80. The average Bonchev–Trinajstić information content (AvgIpc) is 2.71. The molecule has 0 saturated carbocycles. The first kappa shape index (κ1) is 11.7. The highest BCUT2D eigenvalue weighted by Crippen LogP contribution is 2.21. The highest BCUT2D eigenvalue weighted by Gasteiger charge is 2.08. The van der Waals surface area contributed by atoms with Crippen LogP contribution in [0.3, 0.4) is 0 Å². The van der Waals surface area contributed by atoms with Crippen molar-refractivity contribution in [2.45, 2.75) is 27.2 Å². The van der Waals surface area contributed by atoms with E-state index in [-0.39, 0.29) is 0 Å². The highest BCUT2D eigenvalue weighted by molar-refractivity contribution is 5.39. The van der Waals surface area contributed by atoms with Crippen LogP contribution in [0.15, 0.2) is 22.7 Å². The summed E-state index contributed by atoms with van der Waals surface area (Å²) in [6, 6.07) is 4.98. The number of nitrogens with zero attached hydrogens (tertiary/aromatic N) is 1. The van der Waals surface area contributed by atoms with Crippen molar-refractivity contribution in [1.82, 2.24) is 4.98 Å². The molecule has 0 aliphatic rings. The molecule has 17 heavy (non-hydrogen) atoms. The van der Waals surface area contributed by atoms with Crippen molar-refractivity contribution in [2.24, 2.45) is 0 Å².